The lowest BCUT2D eigenvalue weighted by atomic mass is 9.89. The van der Waals surface area contributed by atoms with Crippen LogP contribution >= 0.6 is 11.6 Å². The van der Waals surface area contributed by atoms with Gasteiger partial charge in [-0.2, -0.15) is 0 Å². The molecule has 1 aromatic carbocycles. The number of aryl methyl sites for hydroxylation is 1. The molecule has 1 aromatic rings. The molecule has 1 aliphatic rings. The molecular weight excluding hydrogens is 234 g/mol. The number of hydrogen-bond donors (Lipinski definition) is 2. The van der Waals surface area contributed by atoms with Gasteiger partial charge in [0.25, 0.3) is 0 Å². The summed E-state index contributed by atoms with van der Waals surface area (Å²) in [5, 5.41) is 14.0. The van der Waals surface area contributed by atoms with Gasteiger partial charge in [0.2, 0.25) is 0 Å². The fourth-order valence-electron chi connectivity index (χ4n) is 2.56. The highest BCUT2D eigenvalue weighted by Gasteiger charge is 2.18. The van der Waals surface area contributed by atoms with E-state index in [1.54, 1.807) is 0 Å². The summed E-state index contributed by atoms with van der Waals surface area (Å²) in [6.45, 7) is 6.28. The molecular formula is C14H20ClNO. The highest BCUT2D eigenvalue weighted by atomic mass is 35.5. The Bertz CT molecular complexity index is 385. The van der Waals surface area contributed by atoms with Gasteiger partial charge in [-0.05, 0) is 74.9 Å². The minimum atomic E-state index is 0.278. The predicted molar refractivity (Wildman–Crippen MR) is 71.9 cm³/mol. The van der Waals surface area contributed by atoms with Gasteiger partial charge in [-0.25, -0.2) is 0 Å². The van der Waals surface area contributed by atoms with Crippen molar-refractivity contribution >= 4 is 11.6 Å². The summed E-state index contributed by atoms with van der Waals surface area (Å²) in [7, 11) is 0. The van der Waals surface area contributed by atoms with Gasteiger partial charge in [0.1, 0.15) is 5.75 Å². The SMILES string of the molecule is Cc1cc(Cl)c(O)c(CC2CCCNC2)c1C. The molecule has 1 fully saturated rings. The van der Waals surface area contributed by atoms with E-state index >= 15 is 0 Å². The van der Waals surface area contributed by atoms with Gasteiger partial charge in [0.05, 0.1) is 5.02 Å². The van der Waals surface area contributed by atoms with E-state index < -0.39 is 0 Å². The zero-order valence-electron chi connectivity index (χ0n) is 10.5. The topological polar surface area (TPSA) is 32.3 Å². The molecule has 3 heteroatoms. The molecule has 2 N–H and O–H groups in total. The lowest BCUT2D eigenvalue weighted by Crippen LogP contribution is -2.31. The van der Waals surface area contributed by atoms with E-state index in [1.165, 1.54) is 18.4 Å². The quantitative estimate of drug-likeness (QED) is 0.848. The molecule has 2 rings (SSSR count). The number of rotatable bonds is 2. The highest BCUT2D eigenvalue weighted by Crippen LogP contribution is 2.34. The average molecular weight is 254 g/mol. The van der Waals surface area contributed by atoms with Crippen molar-refractivity contribution in [1.82, 2.24) is 5.32 Å². The van der Waals surface area contributed by atoms with Crippen LogP contribution in [0.4, 0.5) is 0 Å². The van der Waals surface area contributed by atoms with Crippen LogP contribution in [0.2, 0.25) is 5.02 Å². The van der Waals surface area contributed by atoms with E-state index in [9.17, 15) is 5.11 Å². The van der Waals surface area contributed by atoms with E-state index in [4.69, 9.17) is 11.6 Å². The van der Waals surface area contributed by atoms with Crippen LogP contribution < -0.4 is 5.32 Å². The molecule has 17 heavy (non-hydrogen) atoms. The first-order valence-electron chi connectivity index (χ1n) is 6.28. The molecule has 94 valence electrons. The number of piperidine rings is 1. The number of halogens is 1. The Kier molecular flexibility index (Phi) is 3.95. The van der Waals surface area contributed by atoms with Crippen molar-refractivity contribution in [2.24, 2.45) is 5.92 Å². The predicted octanol–water partition coefficient (Wildman–Crippen LogP) is 3.20. The molecule has 1 heterocycles. The molecule has 0 aromatic heterocycles. The van der Waals surface area contributed by atoms with Crippen molar-refractivity contribution in [3.8, 4) is 5.75 Å². The normalized spacial score (nSPS) is 20.5. The molecule has 0 radical (unpaired) electrons. The minimum Gasteiger partial charge on any atom is -0.506 e. The van der Waals surface area contributed by atoms with E-state index in [1.807, 2.05) is 13.0 Å². The van der Waals surface area contributed by atoms with Crippen molar-refractivity contribution < 1.29 is 5.11 Å². The van der Waals surface area contributed by atoms with Crippen LogP contribution in [0.1, 0.15) is 29.5 Å². The second kappa shape index (κ2) is 5.28. The number of aromatic hydroxyl groups is 1. The summed E-state index contributed by atoms with van der Waals surface area (Å²) in [4.78, 5) is 0. The first-order valence-corrected chi connectivity index (χ1v) is 6.65. The van der Waals surface area contributed by atoms with Crippen molar-refractivity contribution in [3.05, 3.63) is 27.8 Å². The summed E-state index contributed by atoms with van der Waals surface area (Å²) >= 11 is 6.04. The van der Waals surface area contributed by atoms with Crippen LogP contribution in [0, 0.1) is 19.8 Å². The minimum absolute atomic E-state index is 0.278. The summed E-state index contributed by atoms with van der Waals surface area (Å²) in [5.41, 5.74) is 3.37. The van der Waals surface area contributed by atoms with E-state index in [0.29, 0.717) is 10.9 Å². The van der Waals surface area contributed by atoms with Crippen LogP contribution in [0.5, 0.6) is 5.75 Å². The van der Waals surface area contributed by atoms with Crippen molar-refractivity contribution in [2.75, 3.05) is 13.1 Å². The Hall–Kier alpha value is -0.730. The molecule has 1 saturated heterocycles. The van der Waals surface area contributed by atoms with Crippen molar-refractivity contribution in [3.63, 3.8) is 0 Å². The zero-order chi connectivity index (χ0) is 12.4. The maximum Gasteiger partial charge on any atom is 0.137 e. The van der Waals surface area contributed by atoms with Crippen molar-refractivity contribution in [1.29, 1.82) is 0 Å². The number of nitrogens with one attached hydrogen (secondary N) is 1. The van der Waals surface area contributed by atoms with Crippen LogP contribution in [-0.2, 0) is 6.42 Å². The molecule has 1 aliphatic heterocycles. The third-order valence-electron chi connectivity index (χ3n) is 3.79. The average Bonchev–Trinajstić information content (AvgIpc) is 2.33. The molecule has 0 spiro atoms. The van der Waals surface area contributed by atoms with Gasteiger partial charge < -0.3 is 10.4 Å². The Morgan fingerprint density at radius 2 is 2.24 bits per heavy atom. The number of phenolic OH excluding ortho intramolecular Hbond substituents is 1. The van der Waals surface area contributed by atoms with Crippen molar-refractivity contribution in [2.45, 2.75) is 33.1 Å². The summed E-state index contributed by atoms with van der Waals surface area (Å²) < 4.78 is 0. The van der Waals surface area contributed by atoms with E-state index in [0.717, 1.165) is 30.6 Å². The van der Waals surface area contributed by atoms with Gasteiger partial charge in [0, 0.05) is 0 Å². The maximum absolute atomic E-state index is 10.1. The van der Waals surface area contributed by atoms with Gasteiger partial charge in [-0.3, -0.25) is 0 Å². The first kappa shape index (κ1) is 12.7. The molecule has 2 nitrogen and oxygen atoms in total. The Labute approximate surface area is 108 Å². The largest absolute Gasteiger partial charge is 0.506 e. The fourth-order valence-corrected chi connectivity index (χ4v) is 2.84. The maximum atomic E-state index is 10.1. The Balaban J connectivity index is 2.24. The lowest BCUT2D eigenvalue weighted by molar-refractivity contribution is 0.369. The highest BCUT2D eigenvalue weighted by molar-refractivity contribution is 6.32. The molecule has 0 aliphatic carbocycles. The van der Waals surface area contributed by atoms with Gasteiger partial charge in [-0.15, -0.1) is 0 Å². The molecule has 0 amide bonds. The third-order valence-corrected chi connectivity index (χ3v) is 4.08. The zero-order valence-corrected chi connectivity index (χ0v) is 11.3. The second-order valence-corrected chi connectivity index (χ2v) is 5.45. The molecule has 1 unspecified atom stereocenters. The van der Waals surface area contributed by atoms with Gasteiger partial charge in [-0.1, -0.05) is 11.6 Å². The number of benzene rings is 1. The Morgan fingerprint density at radius 1 is 1.47 bits per heavy atom. The van der Waals surface area contributed by atoms with Crippen LogP contribution in [0.3, 0.4) is 0 Å². The summed E-state index contributed by atoms with van der Waals surface area (Å²) in [6.07, 6.45) is 3.38. The molecule has 1 atom stereocenters. The molecule has 0 bridgehead atoms. The fraction of sp³-hybridized carbons (Fsp3) is 0.571. The van der Waals surface area contributed by atoms with Crippen LogP contribution in [0.15, 0.2) is 6.07 Å². The lowest BCUT2D eigenvalue weighted by Gasteiger charge is -2.24. The Morgan fingerprint density at radius 3 is 2.88 bits per heavy atom. The smallest absolute Gasteiger partial charge is 0.137 e. The monoisotopic (exact) mass is 253 g/mol. The number of phenols is 1. The first-order chi connectivity index (χ1) is 8.09. The summed E-state index contributed by atoms with van der Waals surface area (Å²) in [5.74, 6) is 0.895. The van der Waals surface area contributed by atoms with Crippen LogP contribution in [0.25, 0.3) is 0 Å². The number of hydrogen-bond acceptors (Lipinski definition) is 2. The second-order valence-electron chi connectivity index (χ2n) is 5.04. The van der Waals surface area contributed by atoms with E-state index in [-0.39, 0.29) is 5.75 Å². The van der Waals surface area contributed by atoms with Gasteiger partial charge >= 0.3 is 0 Å². The van der Waals surface area contributed by atoms with Crippen LogP contribution in [-0.4, -0.2) is 18.2 Å². The van der Waals surface area contributed by atoms with E-state index in [2.05, 4.69) is 12.2 Å². The standard InChI is InChI=1S/C14H20ClNO/c1-9-6-13(15)14(17)12(10(9)2)7-11-4-3-5-16-8-11/h6,11,16-17H,3-5,7-8H2,1-2H3. The summed E-state index contributed by atoms with van der Waals surface area (Å²) in [6, 6.07) is 1.84. The van der Waals surface area contributed by atoms with Gasteiger partial charge in [0.15, 0.2) is 0 Å². The third kappa shape index (κ3) is 2.75. The molecule has 0 saturated carbocycles.